The molecular weight excluding hydrogens is 138 g/mol. The van der Waals surface area contributed by atoms with Gasteiger partial charge in [0, 0.05) is 0 Å². The fourth-order valence-electron chi connectivity index (χ4n) is 0.225. The maximum Gasteiger partial charge on any atom is 0.268 e. The van der Waals surface area contributed by atoms with Crippen molar-refractivity contribution in [3.63, 3.8) is 0 Å². The Balaban J connectivity index is 3.49. The number of thiol groups is 1. The summed E-state index contributed by atoms with van der Waals surface area (Å²) < 4.78 is 0. The van der Waals surface area contributed by atoms with Crippen LogP contribution in [0, 0.1) is 0 Å². The molecule has 0 spiro atoms. The molecule has 0 atom stereocenters. The number of carbonyl (C=O) groups is 1. The molecule has 0 heterocycles. The smallest absolute Gasteiger partial charge is 0.268 e. The first-order valence-corrected chi connectivity index (χ1v) is 2.59. The van der Waals surface area contributed by atoms with E-state index in [0.29, 0.717) is 0 Å². The van der Waals surface area contributed by atoms with Gasteiger partial charge in [-0.1, -0.05) is 19.4 Å². The first kappa shape index (κ1) is 8.03. The molecule has 0 aromatic rings. The van der Waals surface area contributed by atoms with E-state index in [1.807, 2.05) is 0 Å². The van der Waals surface area contributed by atoms with Gasteiger partial charge in [0.2, 0.25) is 0 Å². The van der Waals surface area contributed by atoms with E-state index >= 15 is 0 Å². The molecule has 0 aliphatic heterocycles. The third kappa shape index (κ3) is 4.89. The van der Waals surface area contributed by atoms with Crippen LogP contribution in [-0.2, 0) is 4.79 Å². The van der Waals surface area contributed by atoms with Crippen molar-refractivity contribution in [2.24, 2.45) is 5.10 Å². The van der Waals surface area contributed by atoms with Gasteiger partial charge in [-0.05, 0) is 6.20 Å². The summed E-state index contributed by atoms with van der Waals surface area (Å²) in [5.74, 6) is -0.341. The molecule has 50 valence electrons. The minimum Gasteiger partial charge on any atom is -0.328 e. The molecule has 0 fully saturated rings. The van der Waals surface area contributed by atoms with Gasteiger partial charge in [-0.25, -0.2) is 0 Å². The maximum atomic E-state index is 10.4. The van der Waals surface area contributed by atoms with Gasteiger partial charge in [0.25, 0.3) is 5.91 Å². The number of nitrogens with one attached hydrogen (secondary N) is 2. The minimum absolute atomic E-state index is 0.341. The molecule has 0 saturated heterocycles. The Bertz CT molecular complexity index is 134. The average molecular weight is 145 g/mol. The monoisotopic (exact) mass is 145 g/mol. The molecule has 0 unspecified atom stereocenters. The van der Waals surface area contributed by atoms with E-state index in [-0.39, 0.29) is 5.91 Å². The first-order chi connectivity index (χ1) is 4.31. The average Bonchev–Trinajstić information content (AvgIpc) is 1.85. The van der Waals surface area contributed by atoms with Crippen LogP contribution in [0.2, 0.25) is 0 Å². The molecule has 0 saturated carbocycles. The highest BCUT2D eigenvalue weighted by Gasteiger charge is 1.86. The number of hydrogen-bond donors (Lipinski definition) is 3. The van der Waals surface area contributed by atoms with Gasteiger partial charge < -0.3 is 5.32 Å². The molecular formula is C4H7N3OS. The number of nitrogens with zero attached hydrogens (tertiary/aromatic N) is 1. The summed E-state index contributed by atoms with van der Waals surface area (Å²) in [6.45, 7) is 3.28. The van der Waals surface area contributed by atoms with Gasteiger partial charge in [-0.3, -0.25) is 9.63 Å². The highest BCUT2D eigenvalue weighted by Crippen LogP contribution is 1.61. The lowest BCUT2D eigenvalue weighted by Crippen LogP contribution is -2.17. The van der Waals surface area contributed by atoms with Gasteiger partial charge in [-0.15, -0.1) is 0 Å². The molecule has 0 aliphatic carbocycles. The zero-order valence-corrected chi connectivity index (χ0v) is 5.56. The summed E-state index contributed by atoms with van der Waals surface area (Å²) in [4.78, 5) is 12.5. The Morgan fingerprint density at radius 1 is 1.78 bits per heavy atom. The van der Waals surface area contributed by atoms with Gasteiger partial charge in [0.05, 0.1) is 0 Å². The fourth-order valence-corrected chi connectivity index (χ4v) is 0.283. The van der Waals surface area contributed by atoms with Crippen LogP contribution in [0.1, 0.15) is 0 Å². The Morgan fingerprint density at radius 2 is 2.44 bits per heavy atom. The molecule has 0 aliphatic rings. The Hall–Kier alpha value is -0.970. The molecule has 0 bridgehead atoms. The molecule has 0 aromatic carbocycles. The third-order valence-corrected chi connectivity index (χ3v) is 0.599. The van der Waals surface area contributed by atoms with E-state index in [9.17, 15) is 4.79 Å². The zero-order valence-electron chi connectivity index (χ0n) is 4.66. The summed E-state index contributed by atoms with van der Waals surface area (Å²) in [5, 5.41) is 5.60. The standard InChI is InChI=1S/C4H7N3OS/c1-2-5-4(8)3-6-7-9/h2-3,7,9H,1H2,(H,5,8)/b6-3-. The van der Waals surface area contributed by atoms with Crippen molar-refractivity contribution >= 4 is 24.9 Å². The Morgan fingerprint density at radius 3 is 2.89 bits per heavy atom. The number of rotatable bonds is 3. The van der Waals surface area contributed by atoms with Crippen molar-refractivity contribution in [1.29, 1.82) is 0 Å². The lowest BCUT2D eigenvalue weighted by Gasteiger charge is -1.87. The molecule has 4 nitrogen and oxygen atoms in total. The first-order valence-electron chi connectivity index (χ1n) is 2.15. The fraction of sp³-hybridized carbons (Fsp3) is 0. The van der Waals surface area contributed by atoms with Crippen LogP contribution < -0.4 is 10.1 Å². The van der Waals surface area contributed by atoms with Crippen LogP contribution in [0.5, 0.6) is 0 Å². The second-order valence-corrected chi connectivity index (χ2v) is 1.27. The Kier molecular flexibility index (Phi) is 4.61. The van der Waals surface area contributed by atoms with Crippen molar-refractivity contribution in [2.75, 3.05) is 0 Å². The van der Waals surface area contributed by atoms with Crippen molar-refractivity contribution < 1.29 is 4.79 Å². The lowest BCUT2D eigenvalue weighted by atomic mass is 10.7. The van der Waals surface area contributed by atoms with Crippen LogP contribution in [0.15, 0.2) is 17.9 Å². The topological polar surface area (TPSA) is 53.5 Å². The van der Waals surface area contributed by atoms with Gasteiger partial charge in [0.15, 0.2) is 0 Å². The number of amides is 1. The van der Waals surface area contributed by atoms with E-state index in [4.69, 9.17) is 0 Å². The second kappa shape index (κ2) is 5.17. The maximum absolute atomic E-state index is 10.4. The molecule has 5 heteroatoms. The molecule has 2 N–H and O–H groups in total. The molecule has 0 radical (unpaired) electrons. The predicted molar refractivity (Wildman–Crippen MR) is 39.0 cm³/mol. The number of hydrazone groups is 1. The summed E-state index contributed by atoms with van der Waals surface area (Å²) in [6, 6.07) is 0. The van der Waals surface area contributed by atoms with Crippen molar-refractivity contribution in [3.05, 3.63) is 12.8 Å². The van der Waals surface area contributed by atoms with E-state index < -0.39 is 0 Å². The van der Waals surface area contributed by atoms with E-state index in [2.05, 4.69) is 34.6 Å². The normalized spacial score (nSPS) is 9.00. The lowest BCUT2D eigenvalue weighted by molar-refractivity contribution is -0.113. The Labute approximate surface area is 58.6 Å². The van der Waals surface area contributed by atoms with E-state index in [1.54, 1.807) is 0 Å². The van der Waals surface area contributed by atoms with Crippen molar-refractivity contribution in [3.8, 4) is 0 Å². The molecule has 0 aromatic heterocycles. The van der Waals surface area contributed by atoms with Crippen LogP contribution in [-0.4, -0.2) is 12.1 Å². The second-order valence-electron chi connectivity index (χ2n) is 1.07. The number of carbonyl (C=O) groups excluding carboxylic acids is 1. The summed E-state index contributed by atoms with van der Waals surface area (Å²) >= 11 is 3.51. The number of hydrogen-bond acceptors (Lipinski definition) is 4. The van der Waals surface area contributed by atoms with Crippen LogP contribution in [0.4, 0.5) is 0 Å². The van der Waals surface area contributed by atoms with E-state index in [1.165, 1.54) is 6.20 Å². The predicted octanol–water partition coefficient (Wildman–Crippen LogP) is -0.334. The summed E-state index contributed by atoms with van der Waals surface area (Å²) in [7, 11) is 0. The largest absolute Gasteiger partial charge is 0.328 e. The SMILES string of the molecule is C=CNC(=O)/C=N\NS. The van der Waals surface area contributed by atoms with Gasteiger partial charge in [-0.2, -0.15) is 5.10 Å². The zero-order chi connectivity index (χ0) is 7.11. The quantitative estimate of drug-likeness (QED) is 0.289. The van der Waals surface area contributed by atoms with E-state index in [0.717, 1.165) is 6.21 Å². The molecule has 9 heavy (non-hydrogen) atoms. The molecule has 0 rings (SSSR count). The van der Waals surface area contributed by atoms with Crippen LogP contribution in [0.25, 0.3) is 0 Å². The summed E-state index contributed by atoms with van der Waals surface area (Å²) in [5.41, 5.74) is 0. The third-order valence-electron chi connectivity index (χ3n) is 0.484. The highest BCUT2D eigenvalue weighted by molar-refractivity contribution is 7.78. The van der Waals surface area contributed by atoms with Crippen molar-refractivity contribution in [1.82, 2.24) is 10.1 Å². The van der Waals surface area contributed by atoms with Gasteiger partial charge in [0.1, 0.15) is 6.21 Å². The van der Waals surface area contributed by atoms with Gasteiger partial charge >= 0.3 is 0 Å². The highest BCUT2D eigenvalue weighted by atomic mass is 32.1. The molecule has 1 amide bonds. The summed E-state index contributed by atoms with van der Waals surface area (Å²) in [6.07, 6.45) is 2.32. The van der Waals surface area contributed by atoms with Crippen LogP contribution >= 0.6 is 12.8 Å². The minimum atomic E-state index is -0.341. The van der Waals surface area contributed by atoms with Crippen LogP contribution in [0.3, 0.4) is 0 Å². The van der Waals surface area contributed by atoms with Crippen molar-refractivity contribution in [2.45, 2.75) is 0 Å².